The van der Waals surface area contributed by atoms with Crippen LogP contribution in [0, 0.1) is 11.8 Å². The Kier molecular flexibility index (Phi) is 6.80. The summed E-state index contributed by atoms with van der Waals surface area (Å²) >= 11 is 0. The number of nitrogens with one attached hydrogen (secondary N) is 1. The standard InChI is InChI=1S/C16H31N3O/c17-13-14-7-3-4-8-15(14)16(20)18-9-12-19-10-5-1-2-6-11-19/h14-15H,1-13,17H2,(H,18,20). The zero-order valence-electron chi connectivity index (χ0n) is 12.8. The van der Waals surface area contributed by atoms with Crippen molar-refractivity contribution >= 4 is 5.91 Å². The Balaban J connectivity index is 1.68. The number of rotatable bonds is 5. The zero-order chi connectivity index (χ0) is 14.2. The van der Waals surface area contributed by atoms with Gasteiger partial charge in [0.1, 0.15) is 0 Å². The van der Waals surface area contributed by atoms with Gasteiger partial charge in [0.15, 0.2) is 0 Å². The van der Waals surface area contributed by atoms with E-state index >= 15 is 0 Å². The summed E-state index contributed by atoms with van der Waals surface area (Å²) in [5.74, 6) is 0.815. The van der Waals surface area contributed by atoms with E-state index in [2.05, 4.69) is 10.2 Å². The Morgan fingerprint density at radius 3 is 2.45 bits per heavy atom. The van der Waals surface area contributed by atoms with Gasteiger partial charge in [-0.15, -0.1) is 0 Å². The normalized spacial score (nSPS) is 28.9. The van der Waals surface area contributed by atoms with Gasteiger partial charge in [0, 0.05) is 19.0 Å². The first-order valence-electron chi connectivity index (χ1n) is 8.51. The van der Waals surface area contributed by atoms with Crippen molar-refractivity contribution in [2.45, 2.75) is 51.4 Å². The van der Waals surface area contributed by atoms with Crippen molar-refractivity contribution < 1.29 is 4.79 Å². The van der Waals surface area contributed by atoms with Gasteiger partial charge in [-0.2, -0.15) is 0 Å². The van der Waals surface area contributed by atoms with Crippen LogP contribution >= 0.6 is 0 Å². The molecule has 2 aliphatic rings. The molecule has 2 fully saturated rings. The maximum Gasteiger partial charge on any atom is 0.223 e. The lowest BCUT2D eigenvalue weighted by Gasteiger charge is -2.30. The molecule has 0 radical (unpaired) electrons. The molecule has 1 amide bonds. The molecule has 20 heavy (non-hydrogen) atoms. The number of amides is 1. The highest BCUT2D eigenvalue weighted by atomic mass is 16.1. The molecule has 3 N–H and O–H groups in total. The first-order chi connectivity index (χ1) is 9.81. The fraction of sp³-hybridized carbons (Fsp3) is 0.938. The minimum atomic E-state index is 0.165. The molecule has 1 aliphatic carbocycles. The van der Waals surface area contributed by atoms with Crippen LogP contribution in [0.4, 0.5) is 0 Å². The summed E-state index contributed by atoms with van der Waals surface area (Å²) in [7, 11) is 0. The van der Waals surface area contributed by atoms with E-state index in [1.165, 1.54) is 51.6 Å². The van der Waals surface area contributed by atoms with Crippen molar-refractivity contribution in [1.29, 1.82) is 0 Å². The van der Waals surface area contributed by atoms with Crippen LogP contribution < -0.4 is 11.1 Å². The minimum Gasteiger partial charge on any atom is -0.355 e. The third-order valence-corrected chi connectivity index (χ3v) is 4.97. The van der Waals surface area contributed by atoms with Crippen molar-refractivity contribution in [3.63, 3.8) is 0 Å². The molecule has 4 nitrogen and oxygen atoms in total. The SMILES string of the molecule is NCC1CCCCC1C(=O)NCCN1CCCCCC1. The number of nitrogens with zero attached hydrogens (tertiary/aromatic N) is 1. The van der Waals surface area contributed by atoms with E-state index < -0.39 is 0 Å². The molecule has 0 spiro atoms. The molecule has 1 heterocycles. The lowest BCUT2D eigenvalue weighted by molar-refractivity contribution is -0.127. The molecule has 1 saturated heterocycles. The average Bonchev–Trinajstić information content (AvgIpc) is 2.76. The van der Waals surface area contributed by atoms with Crippen molar-refractivity contribution in [2.24, 2.45) is 17.6 Å². The van der Waals surface area contributed by atoms with Gasteiger partial charge in [0.05, 0.1) is 0 Å². The van der Waals surface area contributed by atoms with E-state index in [0.29, 0.717) is 12.5 Å². The molecule has 4 heteroatoms. The Labute approximate surface area is 123 Å². The van der Waals surface area contributed by atoms with Gasteiger partial charge in [-0.3, -0.25) is 4.79 Å². The van der Waals surface area contributed by atoms with Crippen molar-refractivity contribution in [3.8, 4) is 0 Å². The number of carbonyl (C=O) groups excluding carboxylic acids is 1. The van der Waals surface area contributed by atoms with Crippen LogP contribution in [0.3, 0.4) is 0 Å². The molecule has 1 aliphatic heterocycles. The van der Waals surface area contributed by atoms with Crippen LogP contribution in [0.2, 0.25) is 0 Å². The number of hydrogen-bond donors (Lipinski definition) is 2. The third kappa shape index (κ3) is 4.74. The van der Waals surface area contributed by atoms with E-state index in [4.69, 9.17) is 5.73 Å². The van der Waals surface area contributed by atoms with Crippen LogP contribution in [-0.2, 0) is 4.79 Å². The third-order valence-electron chi connectivity index (χ3n) is 4.97. The molecule has 0 aromatic rings. The van der Waals surface area contributed by atoms with Crippen molar-refractivity contribution in [1.82, 2.24) is 10.2 Å². The van der Waals surface area contributed by atoms with E-state index in [-0.39, 0.29) is 11.8 Å². The van der Waals surface area contributed by atoms with Gasteiger partial charge in [0.25, 0.3) is 0 Å². The monoisotopic (exact) mass is 281 g/mol. The second kappa shape index (κ2) is 8.63. The molecule has 2 rings (SSSR count). The second-order valence-electron chi connectivity index (χ2n) is 6.43. The lowest BCUT2D eigenvalue weighted by atomic mass is 9.79. The number of carbonyl (C=O) groups is 1. The maximum absolute atomic E-state index is 12.3. The fourth-order valence-corrected chi connectivity index (χ4v) is 3.66. The smallest absolute Gasteiger partial charge is 0.223 e. The van der Waals surface area contributed by atoms with E-state index in [0.717, 1.165) is 25.9 Å². The second-order valence-corrected chi connectivity index (χ2v) is 6.43. The molecule has 0 aromatic carbocycles. The maximum atomic E-state index is 12.3. The van der Waals surface area contributed by atoms with Crippen molar-refractivity contribution in [2.75, 3.05) is 32.7 Å². The quantitative estimate of drug-likeness (QED) is 0.807. The van der Waals surface area contributed by atoms with Crippen LogP contribution in [-0.4, -0.2) is 43.5 Å². The first kappa shape index (κ1) is 15.8. The van der Waals surface area contributed by atoms with Gasteiger partial charge in [0.2, 0.25) is 5.91 Å². The topological polar surface area (TPSA) is 58.4 Å². The zero-order valence-corrected chi connectivity index (χ0v) is 12.8. The molecule has 116 valence electrons. The summed E-state index contributed by atoms with van der Waals surface area (Å²) in [6.45, 7) is 4.86. The molecular formula is C16H31N3O. The Morgan fingerprint density at radius 2 is 1.75 bits per heavy atom. The minimum absolute atomic E-state index is 0.165. The highest BCUT2D eigenvalue weighted by molar-refractivity contribution is 5.79. The summed E-state index contributed by atoms with van der Waals surface area (Å²) in [6.07, 6.45) is 9.92. The largest absolute Gasteiger partial charge is 0.355 e. The summed E-state index contributed by atoms with van der Waals surface area (Å²) in [5, 5.41) is 3.15. The van der Waals surface area contributed by atoms with Crippen LogP contribution in [0.25, 0.3) is 0 Å². The van der Waals surface area contributed by atoms with Gasteiger partial charge < -0.3 is 16.0 Å². The summed E-state index contributed by atoms with van der Waals surface area (Å²) in [6, 6.07) is 0. The van der Waals surface area contributed by atoms with Gasteiger partial charge in [-0.1, -0.05) is 25.7 Å². The van der Waals surface area contributed by atoms with Gasteiger partial charge in [-0.05, 0) is 51.2 Å². The first-order valence-corrected chi connectivity index (χ1v) is 8.51. The Hall–Kier alpha value is -0.610. The summed E-state index contributed by atoms with van der Waals surface area (Å²) < 4.78 is 0. The van der Waals surface area contributed by atoms with E-state index in [1.807, 2.05) is 0 Å². The molecule has 0 bridgehead atoms. The molecule has 0 aromatic heterocycles. The molecule has 1 saturated carbocycles. The van der Waals surface area contributed by atoms with Crippen LogP contribution in [0.1, 0.15) is 51.4 Å². The van der Waals surface area contributed by atoms with Crippen LogP contribution in [0.5, 0.6) is 0 Å². The molecule has 2 atom stereocenters. The van der Waals surface area contributed by atoms with Gasteiger partial charge in [-0.25, -0.2) is 0 Å². The Bertz CT molecular complexity index is 287. The highest BCUT2D eigenvalue weighted by Crippen LogP contribution is 2.29. The van der Waals surface area contributed by atoms with E-state index in [1.54, 1.807) is 0 Å². The van der Waals surface area contributed by atoms with Crippen LogP contribution in [0.15, 0.2) is 0 Å². The average molecular weight is 281 g/mol. The number of likely N-dealkylation sites (tertiary alicyclic amines) is 1. The van der Waals surface area contributed by atoms with E-state index in [9.17, 15) is 4.79 Å². The number of nitrogens with two attached hydrogens (primary N) is 1. The fourth-order valence-electron chi connectivity index (χ4n) is 3.66. The Morgan fingerprint density at radius 1 is 1.05 bits per heavy atom. The predicted molar refractivity (Wildman–Crippen MR) is 82.4 cm³/mol. The molecule has 2 unspecified atom stereocenters. The highest BCUT2D eigenvalue weighted by Gasteiger charge is 2.29. The molecular weight excluding hydrogens is 250 g/mol. The number of hydrogen-bond acceptors (Lipinski definition) is 3. The van der Waals surface area contributed by atoms with Gasteiger partial charge >= 0.3 is 0 Å². The summed E-state index contributed by atoms with van der Waals surface area (Å²) in [4.78, 5) is 14.8. The van der Waals surface area contributed by atoms with Crippen molar-refractivity contribution in [3.05, 3.63) is 0 Å². The summed E-state index contributed by atoms with van der Waals surface area (Å²) in [5.41, 5.74) is 5.81. The lowest BCUT2D eigenvalue weighted by Crippen LogP contribution is -2.42. The predicted octanol–water partition coefficient (Wildman–Crippen LogP) is 1.74.